The van der Waals surface area contributed by atoms with E-state index < -0.39 is 32.3 Å². The molecule has 0 bridgehead atoms. The molecule has 0 atom stereocenters. The number of fused-ring (bicyclic) bond motifs is 4. The second kappa shape index (κ2) is 36.4. The summed E-state index contributed by atoms with van der Waals surface area (Å²) >= 11 is 0. The lowest BCUT2D eigenvalue weighted by Crippen LogP contribution is -2.50. The molecule has 4 aliphatic rings. The molecular weight excluding hydrogens is 1600 g/mol. The van der Waals surface area contributed by atoms with Crippen LogP contribution >= 0.6 is 0 Å². The maximum Gasteiger partial charge on any atom is 0.220 e. The molecule has 12 aromatic carbocycles. The highest BCUT2D eigenvalue weighted by Crippen LogP contribution is 2.44. The molecule has 127 heavy (non-hydrogen) atoms. The van der Waals surface area contributed by atoms with Gasteiger partial charge < -0.3 is 0 Å². The predicted molar refractivity (Wildman–Crippen MR) is 556 cm³/mol. The number of aryl methyl sites for hydroxylation is 8. The Morgan fingerprint density at radius 3 is 0.677 bits per heavy atom. The first-order valence-corrected chi connectivity index (χ1v) is 59.1. The SMILES string of the molecule is Cc1cc(-c2ccccc2)cc(-c2c3ccc([Si]4(C)CCC(C)(C)CC4)cc3cc[n+]2C)c1C.Cc1cc(-c2ccccc2)cc(-c2c3ccc([Si]4(C)CCC4)cc3cc[n+]2C)c1C.Cc1cc(-c2ccccc2)cc(-c2c3ccc([Si]4(C)CCCC4)cc3cc[n+]2C)c1C.Cc1cc(-c2ccccc2)cc(-c2c3ccc([Si]4(C)CCCCC4)cc3cc[n+]2C)c1C. The second-order valence-corrected chi connectivity index (χ2v) is 59.5. The lowest BCUT2D eigenvalue weighted by molar-refractivity contribution is -0.659. The van der Waals surface area contributed by atoms with E-state index in [1.54, 1.807) is 20.7 Å². The molecule has 642 valence electrons. The van der Waals surface area contributed by atoms with Crippen molar-refractivity contribution in [3.8, 4) is 89.5 Å². The molecule has 0 N–H and O–H groups in total. The summed E-state index contributed by atoms with van der Waals surface area (Å²) in [6.45, 7) is 33.3. The van der Waals surface area contributed by atoms with Gasteiger partial charge in [0.15, 0.2) is 24.8 Å². The third kappa shape index (κ3) is 18.0. The Labute approximate surface area is 763 Å². The van der Waals surface area contributed by atoms with Gasteiger partial charge in [-0.15, -0.1) is 0 Å². The fourth-order valence-electron chi connectivity index (χ4n) is 21.8. The van der Waals surface area contributed by atoms with Crippen LogP contribution in [-0.4, -0.2) is 32.3 Å². The Hall–Kier alpha value is -10.9. The van der Waals surface area contributed by atoms with Crippen LogP contribution in [-0.2, 0) is 28.2 Å². The highest BCUT2D eigenvalue weighted by molar-refractivity contribution is 6.93. The van der Waals surface area contributed by atoms with Crippen molar-refractivity contribution in [1.29, 1.82) is 0 Å². The minimum Gasteiger partial charge on any atom is -0.200 e. The molecule has 20 rings (SSSR count). The van der Waals surface area contributed by atoms with E-state index in [2.05, 4.69) is 434 Å². The standard InChI is InChI=1S/C32H38NSi.C30H34NSi.C29H32NSi.C28H30NSi/c1-23-20-27(25-10-8-7-9-11-25)22-30(24(23)2)31-29-13-12-28(21-26(29)14-17-33(31)5)34(6)18-15-32(3,4)16-19-34;1-22-19-26(24-11-7-5-8-12-24)21-29(23(22)2)30-28-14-13-27(20-25(28)15-16-31(30)3)32(4)17-9-6-10-18-32;1-21-18-25(23-10-6-5-7-11-23)20-28(22(21)2)29-27-13-12-26(31(4)16-8-9-17-31)19-24(27)14-15-30(29)3;1-20-17-24(22-9-6-5-7-10-22)19-27(21(20)2)28-26-12-11-25(30(4)15-8-16-30)18-23(26)13-14-29(28)3/h7-14,17,20-22H,15-16,18-19H2,1-6H3;5,7-8,11-16,19-21H,6,9-10,17-18H2,1-4H3;5-7,10-15,18-20H,8-9,16-17H2,1-4H3;5-7,9-14,17-19H,8,15-16H2,1-4H3/q4*+1. The minimum atomic E-state index is -1.41. The van der Waals surface area contributed by atoms with Gasteiger partial charge >= 0.3 is 0 Å². The van der Waals surface area contributed by atoms with Crippen molar-refractivity contribution in [3.63, 3.8) is 0 Å². The summed E-state index contributed by atoms with van der Waals surface area (Å²) in [5, 5.41) is 17.5. The Balaban J connectivity index is 0.000000119. The van der Waals surface area contributed by atoms with E-state index in [0.29, 0.717) is 5.41 Å². The van der Waals surface area contributed by atoms with Crippen LogP contribution in [0.5, 0.6) is 0 Å². The topological polar surface area (TPSA) is 15.5 Å². The molecule has 0 aliphatic carbocycles. The van der Waals surface area contributed by atoms with Crippen molar-refractivity contribution in [2.75, 3.05) is 0 Å². The predicted octanol–water partition coefficient (Wildman–Crippen LogP) is 27.8. The van der Waals surface area contributed by atoms with Gasteiger partial charge in [-0.25, -0.2) is 18.3 Å². The van der Waals surface area contributed by atoms with Crippen LogP contribution in [0.2, 0.25) is 74.5 Å². The van der Waals surface area contributed by atoms with Gasteiger partial charge in [0.2, 0.25) is 22.8 Å². The molecule has 0 spiro atoms. The smallest absolute Gasteiger partial charge is 0.200 e. The number of hydrogen-bond acceptors (Lipinski definition) is 0. The first-order valence-electron chi connectivity index (χ1n) is 47.5. The van der Waals surface area contributed by atoms with Gasteiger partial charge in [0.1, 0.15) is 28.2 Å². The van der Waals surface area contributed by atoms with Crippen LogP contribution in [0.1, 0.15) is 110 Å². The molecule has 4 aliphatic heterocycles. The van der Waals surface area contributed by atoms with Crippen molar-refractivity contribution in [2.45, 2.75) is 195 Å². The van der Waals surface area contributed by atoms with Crippen LogP contribution in [0.4, 0.5) is 0 Å². The van der Waals surface area contributed by atoms with Gasteiger partial charge in [0.25, 0.3) is 0 Å². The monoisotopic (exact) mass is 1730 g/mol. The van der Waals surface area contributed by atoms with Crippen molar-refractivity contribution in [2.24, 2.45) is 33.6 Å². The Bertz CT molecular complexity index is 6800. The molecule has 0 radical (unpaired) electrons. The summed E-state index contributed by atoms with van der Waals surface area (Å²) < 4.78 is 9.20. The van der Waals surface area contributed by atoms with E-state index in [9.17, 15) is 0 Å². The zero-order valence-electron chi connectivity index (χ0n) is 79.3. The maximum atomic E-state index is 2.62. The van der Waals surface area contributed by atoms with Gasteiger partial charge in [-0.1, -0.05) is 355 Å². The van der Waals surface area contributed by atoms with Gasteiger partial charge in [-0.2, -0.15) is 0 Å². The molecule has 0 amide bonds. The van der Waals surface area contributed by atoms with Gasteiger partial charge in [-0.05, 0) is 220 Å². The van der Waals surface area contributed by atoms with Crippen molar-refractivity contribution in [1.82, 2.24) is 0 Å². The van der Waals surface area contributed by atoms with Crippen LogP contribution in [0.15, 0.2) is 292 Å². The fourth-order valence-corrected chi connectivity index (χ4v) is 36.8. The number of nitrogens with zero attached hydrogens (tertiary/aromatic N) is 4. The average Bonchev–Trinajstić information content (AvgIpc) is 0.975. The molecule has 16 aromatic rings. The molecular formula is C119H134N4Si4+4. The normalized spacial score (nSPS) is 15.9. The van der Waals surface area contributed by atoms with E-state index in [1.807, 2.05) is 0 Å². The van der Waals surface area contributed by atoms with Crippen molar-refractivity contribution >= 4 is 96.1 Å². The van der Waals surface area contributed by atoms with E-state index >= 15 is 0 Å². The van der Waals surface area contributed by atoms with Crippen molar-refractivity contribution < 1.29 is 18.3 Å². The summed E-state index contributed by atoms with van der Waals surface area (Å²) in [5.74, 6) is 0. The van der Waals surface area contributed by atoms with E-state index in [-0.39, 0.29) is 0 Å². The molecule has 4 fully saturated rings. The van der Waals surface area contributed by atoms with Crippen LogP contribution < -0.4 is 39.0 Å². The Kier molecular flexibility index (Phi) is 25.2. The Morgan fingerprint density at radius 2 is 0.449 bits per heavy atom. The lowest BCUT2D eigenvalue weighted by Gasteiger charge is -2.40. The van der Waals surface area contributed by atoms with Gasteiger partial charge in [0.05, 0.1) is 76.1 Å². The van der Waals surface area contributed by atoms with Crippen molar-refractivity contribution in [3.05, 3.63) is 336 Å². The maximum absolute atomic E-state index is 2.62. The molecule has 0 saturated carbocycles. The zero-order chi connectivity index (χ0) is 88.8. The number of rotatable bonds is 12. The van der Waals surface area contributed by atoms with Crippen LogP contribution in [0.3, 0.4) is 0 Å². The summed E-state index contributed by atoms with van der Waals surface area (Å²) in [6.07, 6.45) is 20.2. The summed E-state index contributed by atoms with van der Waals surface area (Å²) in [7, 11) is 3.55. The third-order valence-corrected chi connectivity index (χ3v) is 49.6. The molecule has 4 aromatic heterocycles. The second-order valence-electron chi connectivity index (χ2n) is 40.7. The third-order valence-electron chi connectivity index (χ3n) is 31.3. The molecule has 0 unspecified atom stereocenters. The van der Waals surface area contributed by atoms with E-state index in [1.165, 1.54) is 277 Å². The Morgan fingerprint density at radius 1 is 0.228 bits per heavy atom. The minimum absolute atomic E-state index is 0.517. The molecule has 4 nitrogen and oxygen atoms in total. The average molecular weight is 1730 g/mol. The first-order chi connectivity index (χ1) is 61.0. The largest absolute Gasteiger partial charge is 0.220 e. The zero-order valence-corrected chi connectivity index (χ0v) is 83.3. The molecule has 8 heterocycles. The van der Waals surface area contributed by atoms with E-state index in [4.69, 9.17) is 0 Å². The first kappa shape index (κ1) is 88.2. The highest BCUT2D eigenvalue weighted by Gasteiger charge is 2.40. The fraction of sp³-hybridized carbons (Fsp3) is 0.294. The summed E-state index contributed by atoms with van der Waals surface area (Å²) in [5.41, 5.74) is 32.2. The van der Waals surface area contributed by atoms with Crippen LogP contribution in [0, 0.1) is 60.8 Å². The highest BCUT2D eigenvalue weighted by atomic mass is 28.3. The number of benzene rings is 12. The van der Waals surface area contributed by atoms with Gasteiger partial charge in [-0.3, -0.25) is 0 Å². The quantitative estimate of drug-likeness (QED) is 0.0856. The van der Waals surface area contributed by atoms with E-state index in [0.717, 1.165) is 0 Å². The molecule has 4 saturated heterocycles. The summed E-state index contributed by atoms with van der Waals surface area (Å²) in [4.78, 5) is 0. The van der Waals surface area contributed by atoms with Gasteiger partial charge in [0, 0.05) is 24.3 Å². The van der Waals surface area contributed by atoms with Crippen LogP contribution in [0.25, 0.3) is 133 Å². The number of pyridine rings is 4. The molecule has 8 heteroatoms. The summed E-state index contributed by atoms with van der Waals surface area (Å²) in [6, 6.07) is 112. The number of hydrogen-bond donors (Lipinski definition) is 0. The number of aromatic nitrogens is 4. The lowest BCUT2D eigenvalue weighted by atomic mass is 9.87.